The summed E-state index contributed by atoms with van der Waals surface area (Å²) in [6.07, 6.45) is 1.04. The number of urea groups is 1. The Kier molecular flexibility index (Phi) is 11.7. The Morgan fingerprint density at radius 2 is 1.58 bits per heavy atom. The molecule has 0 aromatic heterocycles. The molecule has 1 saturated heterocycles. The Bertz CT molecular complexity index is 1760. The van der Waals surface area contributed by atoms with E-state index in [9.17, 15) is 37.5 Å². The quantitative estimate of drug-likeness (QED) is 0.219. The van der Waals surface area contributed by atoms with Crippen LogP contribution in [0.2, 0.25) is 0 Å². The van der Waals surface area contributed by atoms with Gasteiger partial charge in [0.15, 0.2) is 6.73 Å². The molecule has 0 bridgehead atoms. The Balaban J connectivity index is 1.96. The van der Waals surface area contributed by atoms with E-state index >= 15 is 0 Å². The highest BCUT2D eigenvalue weighted by molar-refractivity contribution is 7.92. The van der Waals surface area contributed by atoms with Crippen LogP contribution >= 0.6 is 0 Å². The van der Waals surface area contributed by atoms with E-state index in [1.54, 1.807) is 26.8 Å². The van der Waals surface area contributed by atoms with E-state index in [-0.39, 0.29) is 42.9 Å². The lowest BCUT2D eigenvalue weighted by atomic mass is 9.84. The van der Waals surface area contributed by atoms with E-state index in [1.165, 1.54) is 56.2 Å². The largest absolute Gasteiger partial charge is 0.496 e. The smallest absolute Gasteiger partial charge is 0.331 e. The number of hydrogen-bond acceptors (Lipinski definition) is 9. The molecule has 1 aliphatic heterocycles. The Morgan fingerprint density at radius 1 is 0.980 bits per heavy atom. The number of sulfonamides is 1. The van der Waals surface area contributed by atoms with Crippen molar-refractivity contribution < 1.29 is 47.0 Å². The van der Waals surface area contributed by atoms with Crippen LogP contribution in [0.4, 0.5) is 21.9 Å². The average molecular weight is 717 g/mol. The summed E-state index contributed by atoms with van der Waals surface area (Å²) in [5.74, 6) is -2.34. The molecular formula is C35H48N4O10S. The van der Waals surface area contributed by atoms with Gasteiger partial charge in [0, 0.05) is 36.4 Å². The molecule has 50 heavy (non-hydrogen) atoms. The number of benzene rings is 2. The third-order valence-corrected chi connectivity index (χ3v) is 9.35. The van der Waals surface area contributed by atoms with Gasteiger partial charge >= 0.3 is 18.0 Å². The first-order chi connectivity index (χ1) is 22.9. The molecule has 0 aliphatic carbocycles. The fourth-order valence-electron chi connectivity index (χ4n) is 4.97. The Labute approximate surface area is 293 Å². The minimum absolute atomic E-state index is 0.00387. The van der Waals surface area contributed by atoms with Crippen molar-refractivity contribution in [2.45, 2.75) is 73.6 Å². The molecule has 1 fully saturated rings. The number of aliphatic carboxylic acids is 1. The molecule has 1 aliphatic rings. The van der Waals surface area contributed by atoms with Crippen LogP contribution in [0.25, 0.3) is 0 Å². The van der Waals surface area contributed by atoms with Gasteiger partial charge in [-0.15, -0.1) is 0 Å². The Morgan fingerprint density at radius 3 is 2.08 bits per heavy atom. The van der Waals surface area contributed by atoms with E-state index in [2.05, 4.69) is 5.32 Å². The molecule has 2 N–H and O–H groups in total. The van der Waals surface area contributed by atoms with Crippen molar-refractivity contribution in [1.29, 1.82) is 0 Å². The molecule has 0 atom stereocenters. The summed E-state index contributed by atoms with van der Waals surface area (Å²) in [5.41, 5.74) is -0.947. The van der Waals surface area contributed by atoms with Gasteiger partial charge in [0.2, 0.25) is 15.9 Å². The summed E-state index contributed by atoms with van der Waals surface area (Å²) in [7, 11) is -2.41. The number of amides is 4. The zero-order chi connectivity index (χ0) is 38.0. The highest BCUT2D eigenvalue weighted by Crippen LogP contribution is 2.39. The lowest BCUT2D eigenvalue weighted by Gasteiger charge is -2.36. The minimum atomic E-state index is -3.84. The molecule has 4 amide bonds. The minimum Gasteiger partial charge on any atom is -0.496 e. The van der Waals surface area contributed by atoms with Gasteiger partial charge in [0.05, 0.1) is 35.4 Å². The SMILES string of the molecule is COc1c(C(=O)Nc2ccc(N(COC(=O)C(C)(C)C)S(C)(=O)=O)cc2)cc(N2CCC(=O)N(CCC(C)(C)C(=O)O)C2=O)cc1C(C)(C)C. The third-order valence-electron chi connectivity index (χ3n) is 8.23. The van der Waals surface area contributed by atoms with Crippen LogP contribution in [0, 0.1) is 10.8 Å². The van der Waals surface area contributed by atoms with Crippen molar-refractivity contribution in [3.05, 3.63) is 47.5 Å². The van der Waals surface area contributed by atoms with Crippen molar-refractivity contribution in [2.24, 2.45) is 10.8 Å². The second-order valence-corrected chi connectivity index (χ2v) is 16.8. The molecule has 15 heteroatoms. The van der Waals surface area contributed by atoms with Crippen molar-refractivity contribution >= 4 is 56.9 Å². The zero-order valence-electron chi connectivity index (χ0n) is 30.4. The van der Waals surface area contributed by atoms with Crippen LogP contribution < -0.4 is 19.3 Å². The highest BCUT2D eigenvalue weighted by atomic mass is 32.2. The van der Waals surface area contributed by atoms with Gasteiger partial charge in [-0.2, -0.15) is 0 Å². The lowest BCUT2D eigenvalue weighted by molar-refractivity contribution is -0.152. The Hall–Kier alpha value is -4.66. The molecule has 0 spiro atoms. The predicted molar refractivity (Wildman–Crippen MR) is 189 cm³/mol. The molecule has 2 aromatic carbocycles. The van der Waals surface area contributed by atoms with E-state index in [4.69, 9.17) is 9.47 Å². The van der Waals surface area contributed by atoms with Crippen LogP contribution in [0.3, 0.4) is 0 Å². The van der Waals surface area contributed by atoms with E-state index < -0.39 is 62.8 Å². The topological polar surface area (TPSA) is 180 Å². The number of ether oxygens (including phenoxy) is 2. The van der Waals surface area contributed by atoms with Gasteiger partial charge in [-0.05, 0) is 82.9 Å². The van der Waals surface area contributed by atoms with Crippen LogP contribution in [0.1, 0.15) is 84.2 Å². The number of carboxylic acid groups (broad SMARTS) is 1. The number of nitrogens with one attached hydrogen (secondary N) is 1. The number of nitrogens with zero attached hydrogens (tertiary/aromatic N) is 3. The first-order valence-corrected chi connectivity index (χ1v) is 17.9. The predicted octanol–water partition coefficient (Wildman–Crippen LogP) is 5.22. The number of rotatable bonds is 12. The highest BCUT2D eigenvalue weighted by Gasteiger charge is 2.37. The second kappa shape index (κ2) is 14.7. The van der Waals surface area contributed by atoms with Crippen molar-refractivity contribution in [3.8, 4) is 5.75 Å². The third kappa shape index (κ3) is 9.31. The number of hydrogen-bond donors (Lipinski definition) is 2. The molecule has 2 aromatic rings. The fraction of sp³-hybridized carbons (Fsp3) is 0.514. The molecule has 14 nitrogen and oxygen atoms in total. The maximum atomic E-state index is 13.9. The van der Waals surface area contributed by atoms with Gasteiger partial charge in [-0.25, -0.2) is 17.5 Å². The lowest BCUT2D eigenvalue weighted by Crippen LogP contribution is -2.53. The van der Waals surface area contributed by atoms with Gasteiger partial charge < -0.3 is 19.9 Å². The van der Waals surface area contributed by atoms with Gasteiger partial charge in [0.1, 0.15) is 5.75 Å². The van der Waals surface area contributed by atoms with E-state index in [0.29, 0.717) is 16.9 Å². The van der Waals surface area contributed by atoms with Crippen LogP contribution in [0.15, 0.2) is 36.4 Å². The molecule has 1 heterocycles. The van der Waals surface area contributed by atoms with Gasteiger partial charge in [0.25, 0.3) is 5.91 Å². The standard InChI is InChI=1S/C35H48N4O10S/c1-33(2,3)26-20-24(37-17-15-27(40)38(32(37)45)18-16-35(7,8)30(42)43)19-25(28(26)48-9)29(41)36-22-11-13-23(14-12-22)39(50(10,46)47)21-49-31(44)34(4,5)6/h11-14,19-20H,15-18,21H2,1-10H3,(H,36,41)(H,42,43). The average Bonchev–Trinajstić information content (AvgIpc) is 2.99. The summed E-state index contributed by atoms with van der Waals surface area (Å²) < 4.78 is 37.0. The van der Waals surface area contributed by atoms with Crippen molar-refractivity contribution in [2.75, 3.05) is 47.7 Å². The maximum absolute atomic E-state index is 13.9. The van der Waals surface area contributed by atoms with Crippen LogP contribution in [-0.4, -0.2) is 81.4 Å². The second-order valence-electron chi connectivity index (χ2n) is 14.9. The normalized spacial score (nSPS) is 14.4. The molecular weight excluding hydrogens is 668 g/mol. The summed E-state index contributed by atoms with van der Waals surface area (Å²) in [6.45, 7) is 13.2. The molecule has 274 valence electrons. The number of carbonyl (C=O) groups excluding carboxylic acids is 4. The number of carbonyl (C=O) groups is 5. The van der Waals surface area contributed by atoms with Crippen LogP contribution in [0.5, 0.6) is 5.75 Å². The monoisotopic (exact) mass is 716 g/mol. The number of methoxy groups -OCH3 is 1. The van der Waals surface area contributed by atoms with Crippen molar-refractivity contribution in [1.82, 2.24) is 4.90 Å². The first kappa shape index (κ1) is 39.8. The maximum Gasteiger partial charge on any atom is 0.331 e. The van der Waals surface area contributed by atoms with Crippen LogP contribution in [-0.2, 0) is 34.6 Å². The summed E-state index contributed by atoms with van der Waals surface area (Å²) in [6, 6.07) is 8.52. The summed E-state index contributed by atoms with van der Waals surface area (Å²) in [5, 5.41) is 12.3. The summed E-state index contributed by atoms with van der Waals surface area (Å²) in [4.78, 5) is 66.7. The number of esters is 1. The molecule has 0 saturated carbocycles. The number of imide groups is 1. The molecule has 3 rings (SSSR count). The van der Waals surface area contributed by atoms with Crippen molar-refractivity contribution in [3.63, 3.8) is 0 Å². The zero-order valence-corrected chi connectivity index (χ0v) is 31.2. The number of carboxylic acids is 1. The van der Waals surface area contributed by atoms with Gasteiger partial charge in [-0.1, -0.05) is 20.8 Å². The summed E-state index contributed by atoms with van der Waals surface area (Å²) >= 11 is 0. The van der Waals surface area contributed by atoms with E-state index in [0.717, 1.165) is 15.5 Å². The first-order valence-electron chi connectivity index (χ1n) is 16.0. The molecule has 0 unspecified atom stereocenters. The van der Waals surface area contributed by atoms with E-state index in [1.807, 2.05) is 20.8 Å². The number of anilines is 3. The van der Waals surface area contributed by atoms with Gasteiger partial charge in [-0.3, -0.25) is 29.0 Å². The fourth-order valence-corrected chi connectivity index (χ4v) is 5.72. The molecule has 0 radical (unpaired) electrons.